The van der Waals surface area contributed by atoms with Crippen LogP contribution in [0.1, 0.15) is 54.1 Å². The number of methoxy groups -OCH3 is 2. The first-order valence-corrected chi connectivity index (χ1v) is 13.4. The van der Waals surface area contributed by atoms with Gasteiger partial charge in [0.25, 0.3) is 0 Å². The van der Waals surface area contributed by atoms with Crippen LogP contribution in [-0.4, -0.2) is 42.5 Å². The molecule has 0 spiro atoms. The molecule has 0 bridgehead atoms. The second-order valence-electron chi connectivity index (χ2n) is 9.79. The molecular formula is C32H34N2O5. The number of carbonyl (C=O) groups excluding carboxylic acids is 2. The van der Waals surface area contributed by atoms with E-state index in [1.807, 2.05) is 71.6 Å². The Hall–Kier alpha value is -4.26. The maximum atomic E-state index is 13.5. The lowest BCUT2D eigenvalue weighted by atomic mass is 9.91. The van der Waals surface area contributed by atoms with Crippen LogP contribution < -0.4 is 9.47 Å². The summed E-state index contributed by atoms with van der Waals surface area (Å²) in [4.78, 5) is 30.6. The molecule has 1 N–H and O–H groups in total. The molecule has 7 nitrogen and oxygen atoms in total. The molecule has 0 saturated carbocycles. The lowest BCUT2D eigenvalue weighted by molar-refractivity contribution is -0.141. The molecule has 4 aromatic rings. The summed E-state index contributed by atoms with van der Waals surface area (Å²) in [5.41, 5.74) is 5.40. The zero-order chi connectivity index (χ0) is 27.2. The maximum absolute atomic E-state index is 13.5. The number of aromatic nitrogens is 1. The van der Waals surface area contributed by atoms with Crippen molar-refractivity contribution in [2.45, 2.75) is 44.8 Å². The van der Waals surface area contributed by atoms with E-state index in [4.69, 9.17) is 14.2 Å². The Labute approximate surface area is 228 Å². The summed E-state index contributed by atoms with van der Waals surface area (Å²) in [6.45, 7) is 1.11. The van der Waals surface area contributed by atoms with Crippen LogP contribution in [0.5, 0.6) is 11.5 Å². The molecule has 7 heteroatoms. The molecule has 2 heterocycles. The SMILES string of the molecule is COC(=O)CCCCC(=O)N1CCc2c([nH]c3ccc(OC)cc23)[C@H]1c1ccc(OCc2ccccc2)cc1. The topological polar surface area (TPSA) is 80.9 Å². The molecule has 1 aromatic heterocycles. The minimum absolute atomic E-state index is 0.0798. The lowest BCUT2D eigenvalue weighted by Gasteiger charge is -2.36. The Morgan fingerprint density at radius 1 is 0.923 bits per heavy atom. The van der Waals surface area contributed by atoms with E-state index in [1.165, 1.54) is 12.7 Å². The molecule has 0 fully saturated rings. The van der Waals surface area contributed by atoms with Gasteiger partial charge in [-0.1, -0.05) is 42.5 Å². The first-order valence-electron chi connectivity index (χ1n) is 13.4. The summed E-state index contributed by atoms with van der Waals surface area (Å²) < 4.78 is 16.2. The van der Waals surface area contributed by atoms with Crippen LogP contribution in [0.3, 0.4) is 0 Å². The van der Waals surface area contributed by atoms with Gasteiger partial charge in [0.15, 0.2) is 0 Å². The van der Waals surface area contributed by atoms with Crippen molar-refractivity contribution in [1.29, 1.82) is 0 Å². The Bertz CT molecular complexity index is 1430. The number of fused-ring (bicyclic) bond motifs is 3. The predicted molar refractivity (Wildman–Crippen MR) is 150 cm³/mol. The Morgan fingerprint density at radius 2 is 1.67 bits per heavy atom. The minimum Gasteiger partial charge on any atom is -0.497 e. The Morgan fingerprint density at radius 3 is 2.41 bits per heavy atom. The molecule has 1 aliphatic rings. The normalized spacial score (nSPS) is 14.6. The van der Waals surface area contributed by atoms with E-state index < -0.39 is 0 Å². The van der Waals surface area contributed by atoms with Gasteiger partial charge in [-0.3, -0.25) is 9.59 Å². The largest absolute Gasteiger partial charge is 0.497 e. The van der Waals surface area contributed by atoms with Crippen molar-refractivity contribution < 1.29 is 23.8 Å². The van der Waals surface area contributed by atoms with Crippen molar-refractivity contribution in [3.8, 4) is 11.5 Å². The lowest BCUT2D eigenvalue weighted by Crippen LogP contribution is -2.40. The number of esters is 1. The van der Waals surface area contributed by atoms with Crippen molar-refractivity contribution in [2.24, 2.45) is 0 Å². The van der Waals surface area contributed by atoms with E-state index in [-0.39, 0.29) is 17.9 Å². The fourth-order valence-electron chi connectivity index (χ4n) is 5.29. The van der Waals surface area contributed by atoms with Crippen molar-refractivity contribution in [2.75, 3.05) is 20.8 Å². The standard InChI is InChI=1S/C32H34N2O5/c1-37-25-16-17-28-27(20-25)26-18-19-34(29(35)10-6-7-11-30(36)38-2)32(31(26)33-28)23-12-14-24(15-13-23)39-21-22-8-4-3-5-9-22/h3-5,8-9,12-17,20,32-33H,6-7,10-11,18-19,21H2,1-2H3/t32-/m1/s1. The number of carbonyl (C=O) groups is 2. The quantitative estimate of drug-likeness (QED) is 0.204. The van der Waals surface area contributed by atoms with Crippen LogP contribution >= 0.6 is 0 Å². The predicted octanol–water partition coefficient (Wildman–Crippen LogP) is 5.96. The van der Waals surface area contributed by atoms with E-state index in [2.05, 4.69) is 11.1 Å². The van der Waals surface area contributed by atoms with Crippen LogP contribution in [0.25, 0.3) is 10.9 Å². The first kappa shape index (κ1) is 26.4. The molecule has 0 radical (unpaired) electrons. The number of benzene rings is 3. The first-order chi connectivity index (χ1) is 19.1. The smallest absolute Gasteiger partial charge is 0.305 e. The molecule has 1 aliphatic heterocycles. The third-order valence-electron chi connectivity index (χ3n) is 7.35. The van der Waals surface area contributed by atoms with Gasteiger partial charge in [0.2, 0.25) is 5.91 Å². The summed E-state index contributed by atoms with van der Waals surface area (Å²) >= 11 is 0. The maximum Gasteiger partial charge on any atom is 0.305 e. The number of ether oxygens (including phenoxy) is 3. The van der Waals surface area contributed by atoms with Gasteiger partial charge in [0, 0.05) is 36.0 Å². The molecule has 0 saturated heterocycles. The molecule has 202 valence electrons. The molecular weight excluding hydrogens is 492 g/mol. The fraction of sp³-hybridized carbons (Fsp3) is 0.312. The number of H-pyrrole nitrogens is 1. The van der Waals surface area contributed by atoms with E-state index in [0.717, 1.165) is 45.6 Å². The van der Waals surface area contributed by atoms with Gasteiger partial charge < -0.3 is 24.1 Å². The minimum atomic E-state index is -0.247. The second kappa shape index (κ2) is 12.1. The van der Waals surface area contributed by atoms with Crippen molar-refractivity contribution in [3.05, 3.63) is 95.2 Å². The third kappa shape index (κ3) is 5.93. The zero-order valence-corrected chi connectivity index (χ0v) is 22.4. The van der Waals surface area contributed by atoms with Gasteiger partial charge in [0.1, 0.15) is 18.1 Å². The summed E-state index contributed by atoms with van der Waals surface area (Å²) in [7, 11) is 3.06. The number of amides is 1. The molecule has 3 aromatic carbocycles. The van der Waals surface area contributed by atoms with E-state index in [0.29, 0.717) is 38.8 Å². The van der Waals surface area contributed by atoms with E-state index in [1.54, 1.807) is 7.11 Å². The van der Waals surface area contributed by atoms with Gasteiger partial charge in [-0.15, -0.1) is 0 Å². The second-order valence-corrected chi connectivity index (χ2v) is 9.79. The number of hydrogen-bond donors (Lipinski definition) is 1. The van der Waals surface area contributed by atoms with E-state index in [9.17, 15) is 9.59 Å². The molecule has 1 amide bonds. The number of aromatic amines is 1. The highest BCUT2D eigenvalue weighted by molar-refractivity contribution is 5.88. The molecule has 0 unspecified atom stereocenters. The highest BCUT2D eigenvalue weighted by Gasteiger charge is 2.34. The van der Waals surface area contributed by atoms with Gasteiger partial charge in [-0.2, -0.15) is 0 Å². The van der Waals surface area contributed by atoms with Crippen molar-refractivity contribution in [3.63, 3.8) is 0 Å². The average molecular weight is 527 g/mol. The third-order valence-corrected chi connectivity index (χ3v) is 7.35. The van der Waals surface area contributed by atoms with Gasteiger partial charge >= 0.3 is 5.97 Å². The monoisotopic (exact) mass is 526 g/mol. The molecule has 5 rings (SSSR count). The Kier molecular flexibility index (Phi) is 8.16. The zero-order valence-electron chi connectivity index (χ0n) is 22.4. The van der Waals surface area contributed by atoms with Gasteiger partial charge in [-0.05, 0) is 66.3 Å². The molecule has 0 aliphatic carbocycles. The number of rotatable bonds is 10. The summed E-state index contributed by atoms with van der Waals surface area (Å²) in [6.07, 6.45) is 2.73. The van der Waals surface area contributed by atoms with Crippen LogP contribution in [-0.2, 0) is 27.4 Å². The number of hydrogen-bond acceptors (Lipinski definition) is 5. The average Bonchev–Trinajstić information content (AvgIpc) is 3.36. The Balaban J connectivity index is 1.40. The van der Waals surface area contributed by atoms with Gasteiger partial charge in [-0.25, -0.2) is 0 Å². The van der Waals surface area contributed by atoms with Crippen LogP contribution in [0.4, 0.5) is 0 Å². The summed E-state index contributed by atoms with van der Waals surface area (Å²) in [5.74, 6) is 1.42. The van der Waals surface area contributed by atoms with Crippen molar-refractivity contribution in [1.82, 2.24) is 9.88 Å². The van der Waals surface area contributed by atoms with Crippen molar-refractivity contribution >= 4 is 22.8 Å². The summed E-state index contributed by atoms with van der Waals surface area (Å²) in [5, 5.41) is 1.13. The van der Waals surface area contributed by atoms with Crippen LogP contribution in [0, 0.1) is 0 Å². The van der Waals surface area contributed by atoms with Crippen LogP contribution in [0.15, 0.2) is 72.8 Å². The van der Waals surface area contributed by atoms with E-state index >= 15 is 0 Å². The molecule has 1 atom stereocenters. The fourth-order valence-corrected chi connectivity index (χ4v) is 5.29. The van der Waals surface area contributed by atoms with Gasteiger partial charge in [0.05, 0.1) is 20.3 Å². The molecule has 39 heavy (non-hydrogen) atoms. The number of nitrogens with one attached hydrogen (secondary N) is 1. The highest BCUT2D eigenvalue weighted by Crippen LogP contribution is 2.40. The highest BCUT2D eigenvalue weighted by atomic mass is 16.5. The number of nitrogens with zero attached hydrogens (tertiary/aromatic N) is 1. The summed E-state index contributed by atoms with van der Waals surface area (Å²) in [6, 6.07) is 23.9. The number of unbranched alkanes of at least 4 members (excludes halogenated alkanes) is 1. The van der Waals surface area contributed by atoms with Crippen LogP contribution in [0.2, 0.25) is 0 Å².